The van der Waals surface area contributed by atoms with Crippen LogP contribution in [-0.4, -0.2) is 40.1 Å². The molecule has 19 heavy (non-hydrogen) atoms. The van der Waals surface area contributed by atoms with E-state index in [1.165, 1.54) is 6.20 Å². The van der Waals surface area contributed by atoms with Crippen LogP contribution in [0.2, 0.25) is 0 Å². The van der Waals surface area contributed by atoms with Gasteiger partial charge in [-0.2, -0.15) is 0 Å². The van der Waals surface area contributed by atoms with Crippen molar-refractivity contribution in [3.63, 3.8) is 0 Å². The Morgan fingerprint density at radius 1 is 1.37 bits per heavy atom. The van der Waals surface area contributed by atoms with Crippen molar-refractivity contribution in [2.24, 2.45) is 0 Å². The summed E-state index contributed by atoms with van der Waals surface area (Å²) in [6.07, 6.45) is 1.73. The first-order valence-electron chi connectivity index (χ1n) is 6.27. The first kappa shape index (κ1) is 11.9. The molecule has 1 fully saturated rings. The minimum atomic E-state index is -0.419. The Balaban J connectivity index is 2.06. The fraction of sp³-hybridized carbons (Fsp3) is 0.286. The highest BCUT2D eigenvalue weighted by Crippen LogP contribution is 2.24. The molecule has 1 aromatic heterocycles. The molecule has 1 aliphatic heterocycles. The third kappa shape index (κ3) is 2.02. The number of amides is 1. The Morgan fingerprint density at radius 2 is 2.11 bits per heavy atom. The van der Waals surface area contributed by atoms with Gasteiger partial charge in [0, 0.05) is 24.7 Å². The van der Waals surface area contributed by atoms with Crippen molar-refractivity contribution in [1.82, 2.24) is 9.88 Å². The number of benzene rings is 1. The first-order valence-corrected chi connectivity index (χ1v) is 6.27. The zero-order valence-corrected chi connectivity index (χ0v) is 10.4. The van der Waals surface area contributed by atoms with Crippen LogP contribution in [0.25, 0.3) is 10.8 Å². The molecule has 1 atom stereocenters. The summed E-state index contributed by atoms with van der Waals surface area (Å²) < 4.78 is 0. The van der Waals surface area contributed by atoms with E-state index < -0.39 is 6.10 Å². The average molecular weight is 257 g/mol. The quantitative estimate of drug-likeness (QED) is 0.799. The van der Waals surface area contributed by atoms with E-state index in [9.17, 15) is 9.90 Å². The number of hydrogen-bond acceptors (Lipinski definition) is 4. The lowest BCUT2D eigenvalue weighted by molar-refractivity contribution is 0.0766. The molecule has 1 saturated heterocycles. The minimum Gasteiger partial charge on any atom is -0.391 e. The molecule has 1 aromatic carbocycles. The van der Waals surface area contributed by atoms with E-state index in [1.54, 1.807) is 4.90 Å². The molecule has 0 bridgehead atoms. The van der Waals surface area contributed by atoms with E-state index in [4.69, 9.17) is 5.73 Å². The summed E-state index contributed by atoms with van der Waals surface area (Å²) in [6.45, 7) is 0.968. The maximum absolute atomic E-state index is 12.5. The Kier molecular flexibility index (Phi) is 2.83. The molecule has 1 aliphatic rings. The van der Waals surface area contributed by atoms with Crippen molar-refractivity contribution in [3.8, 4) is 0 Å². The predicted molar refractivity (Wildman–Crippen MR) is 72.7 cm³/mol. The molecule has 2 aromatic rings. The van der Waals surface area contributed by atoms with E-state index in [0.717, 1.165) is 10.8 Å². The number of rotatable bonds is 1. The van der Waals surface area contributed by atoms with Gasteiger partial charge in [-0.25, -0.2) is 4.98 Å². The molecule has 0 radical (unpaired) electrons. The maximum Gasteiger partial charge on any atom is 0.256 e. The number of carbonyl (C=O) groups excluding carboxylic acids is 1. The number of likely N-dealkylation sites (tertiary alicyclic amines) is 1. The zero-order chi connectivity index (χ0) is 13.4. The van der Waals surface area contributed by atoms with Crippen LogP contribution in [0.15, 0.2) is 30.5 Å². The van der Waals surface area contributed by atoms with Gasteiger partial charge in [0.05, 0.1) is 11.7 Å². The molecule has 1 amide bonds. The van der Waals surface area contributed by atoms with Crippen LogP contribution in [0.1, 0.15) is 16.8 Å². The minimum absolute atomic E-state index is 0.0970. The van der Waals surface area contributed by atoms with E-state index in [2.05, 4.69) is 4.98 Å². The van der Waals surface area contributed by atoms with Crippen molar-refractivity contribution in [1.29, 1.82) is 0 Å². The number of nitrogens with two attached hydrogens (primary N) is 1. The number of β-amino-alcohol motifs (C(OH)–C–C–N with tert-alkyl or cyclic N) is 1. The molecule has 98 valence electrons. The van der Waals surface area contributed by atoms with Crippen molar-refractivity contribution >= 4 is 22.5 Å². The second-order valence-electron chi connectivity index (χ2n) is 4.80. The van der Waals surface area contributed by atoms with E-state index in [0.29, 0.717) is 30.9 Å². The number of nitrogens with zero attached hydrogens (tertiary/aromatic N) is 2. The highest BCUT2D eigenvalue weighted by molar-refractivity contribution is 6.09. The fourth-order valence-electron chi connectivity index (χ4n) is 2.48. The van der Waals surface area contributed by atoms with Crippen LogP contribution in [0, 0.1) is 0 Å². The van der Waals surface area contributed by atoms with Gasteiger partial charge in [0.1, 0.15) is 5.82 Å². The molecule has 5 nitrogen and oxygen atoms in total. The number of pyridine rings is 1. The van der Waals surface area contributed by atoms with Gasteiger partial charge >= 0.3 is 0 Å². The second-order valence-corrected chi connectivity index (χ2v) is 4.80. The molecule has 3 rings (SSSR count). The summed E-state index contributed by atoms with van der Waals surface area (Å²) >= 11 is 0. The molecule has 0 saturated carbocycles. The largest absolute Gasteiger partial charge is 0.391 e. The molecule has 3 N–H and O–H groups in total. The van der Waals surface area contributed by atoms with E-state index >= 15 is 0 Å². The van der Waals surface area contributed by atoms with Crippen LogP contribution in [0.4, 0.5) is 5.82 Å². The molecule has 5 heteroatoms. The van der Waals surface area contributed by atoms with Gasteiger partial charge in [-0.15, -0.1) is 0 Å². The van der Waals surface area contributed by atoms with Gasteiger partial charge in [-0.3, -0.25) is 4.79 Å². The lowest BCUT2D eigenvalue weighted by atomic mass is 10.1. The number of aromatic nitrogens is 1. The number of carbonyl (C=O) groups is 1. The molecule has 1 unspecified atom stereocenters. The highest BCUT2D eigenvalue weighted by Gasteiger charge is 2.26. The normalized spacial score (nSPS) is 19.0. The number of aliphatic hydroxyl groups is 1. The van der Waals surface area contributed by atoms with Crippen LogP contribution in [-0.2, 0) is 0 Å². The van der Waals surface area contributed by atoms with Crippen LogP contribution < -0.4 is 5.73 Å². The Labute approximate surface area is 110 Å². The molecule has 0 spiro atoms. The highest BCUT2D eigenvalue weighted by atomic mass is 16.3. The topological polar surface area (TPSA) is 79.5 Å². The monoisotopic (exact) mass is 257 g/mol. The Morgan fingerprint density at radius 3 is 2.79 bits per heavy atom. The summed E-state index contributed by atoms with van der Waals surface area (Å²) in [5.74, 6) is 0.328. The summed E-state index contributed by atoms with van der Waals surface area (Å²) in [5.41, 5.74) is 6.37. The van der Waals surface area contributed by atoms with Crippen molar-refractivity contribution in [2.45, 2.75) is 12.5 Å². The lowest BCUT2D eigenvalue weighted by Gasteiger charge is -2.16. The van der Waals surface area contributed by atoms with Gasteiger partial charge < -0.3 is 15.7 Å². The Hall–Kier alpha value is -2.14. The molecule has 2 heterocycles. The SMILES string of the molecule is Nc1ncc(C(=O)N2CCC(O)C2)c2ccccc12. The van der Waals surface area contributed by atoms with Gasteiger partial charge in [0.2, 0.25) is 0 Å². The van der Waals surface area contributed by atoms with Crippen LogP contribution in [0.3, 0.4) is 0 Å². The summed E-state index contributed by atoms with van der Waals surface area (Å²) in [6, 6.07) is 7.46. The number of aliphatic hydroxyl groups excluding tert-OH is 1. The Bertz CT molecular complexity index is 642. The number of fused-ring (bicyclic) bond motifs is 1. The van der Waals surface area contributed by atoms with Gasteiger partial charge in [0.25, 0.3) is 5.91 Å². The van der Waals surface area contributed by atoms with Crippen LogP contribution >= 0.6 is 0 Å². The van der Waals surface area contributed by atoms with Gasteiger partial charge in [0.15, 0.2) is 0 Å². The third-order valence-corrected chi connectivity index (χ3v) is 3.51. The second kappa shape index (κ2) is 4.51. The summed E-state index contributed by atoms with van der Waals surface area (Å²) in [4.78, 5) is 18.2. The van der Waals surface area contributed by atoms with Crippen molar-refractivity contribution in [3.05, 3.63) is 36.0 Å². The first-order chi connectivity index (χ1) is 9.16. The van der Waals surface area contributed by atoms with Gasteiger partial charge in [-0.05, 0) is 11.8 Å². The van der Waals surface area contributed by atoms with Gasteiger partial charge in [-0.1, -0.05) is 24.3 Å². The molecule has 0 aliphatic carbocycles. The summed E-state index contributed by atoms with van der Waals surface area (Å²) in [5, 5.41) is 11.1. The lowest BCUT2D eigenvalue weighted by Crippen LogP contribution is -2.29. The predicted octanol–water partition coefficient (Wildman–Crippen LogP) is 1.02. The van der Waals surface area contributed by atoms with Crippen LogP contribution in [0.5, 0.6) is 0 Å². The number of nitrogen functional groups attached to an aromatic ring is 1. The number of anilines is 1. The third-order valence-electron chi connectivity index (χ3n) is 3.51. The standard InChI is InChI=1S/C14H15N3O2/c15-13-11-4-2-1-3-10(11)12(7-16-13)14(19)17-6-5-9(18)8-17/h1-4,7,9,18H,5-6,8H2,(H2,15,16). The summed E-state index contributed by atoms with van der Waals surface area (Å²) in [7, 11) is 0. The fourth-order valence-corrected chi connectivity index (χ4v) is 2.48. The average Bonchev–Trinajstić information content (AvgIpc) is 2.86. The van der Waals surface area contributed by atoms with E-state index in [1.807, 2.05) is 24.3 Å². The van der Waals surface area contributed by atoms with Crippen molar-refractivity contribution in [2.75, 3.05) is 18.8 Å². The zero-order valence-electron chi connectivity index (χ0n) is 10.4. The number of hydrogen-bond donors (Lipinski definition) is 2. The van der Waals surface area contributed by atoms with Crippen molar-refractivity contribution < 1.29 is 9.90 Å². The molecular weight excluding hydrogens is 242 g/mol. The van der Waals surface area contributed by atoms with E-state index in [-0.39, 0.29) is 5.91 Å². The maximum atomic E-state index is 12.5. The smallest absolute Gasteiger partial charge is 0.256 e. The molecular formula is C14H15N3O2.